The van der Waals surface area contributed by atoms with Crippen LogP contribution in [0.3, 0.4) is 0 Å². The lowest BCUT2D eigenvalue weighted by atomic mass is 10.0. The van der Waals surface area contributed by atoms with E-state index in [-0.39, 0.29) is 11.9 Å². The number of phenolic OH excluding ortho intramolecular Hbond substituents is 1. The summed E-state index contributed by atoms with van der Waals surface area (Å²) in [4.78, 5) is 4.83. The molecule has 2 aromatic carbocycles. The first kappa shape index (κ1) is 23.1. The van der Waals surface area contributed by atoms with Gasteiger partial charge in [-0.1, -0.05) is 49.4 Å². The number of aryl methyl sites for hydroxylation is 2. The van der Waals surface area contributed by atoms with Crippen LogP contribution in [0.4, 0.5) is 0 Å². The molecule has 1 saturated heterocycles. The quantitative estimate of drug-likeness (QED) is 0.491. The normalized spacial score (nSPS) is 15.8. The minimum atomic E-state index is -0.0967. The summed E-state index contributed by atoms with van der Waals surface area (Å²) >= 11 is 0. The topological polar surface area (TPSA) is 70.0 Å². The Balaban J connectivity index is 1.53. The van der Waals surface area contributed by atoms with Crippen molar-refractivity contribution >= 4 is 0 Å². The minimum absolute atomic E-state index is 0.0967. The predicted molar refractivity (Wildman–Crippen MR) is 126 cm³/mol. The number of nitrogens with zero attached hydrogens (tertiary/aromatic N) is 1. The molecule has 1 fully saturated rings. The van der Waals surface area contributed by atoms with Crippen molar-refractivity contribution in [2.24, 2.45) is 0 Å². The van der Waals surface area contributed by atoms with Crippen molar-refractivity contribution in [3.8, 4) is 17.4 Å². The molecule has 1 aliphatic rings. The molecule has 0 radical (unpaired) electrons. The zero-order valence-corrected chi connectivity index (χ0v) is 19.0. The van der Waals surface area contributed by atoms with E-state index in [1.807, 2.05) is 36.4 Å². The number of aromatic nitrogens is 1. The van der Waals surface area contributed by atoms with E-state index in [0.29, 0.717) is 38.9 Å². The zero-order chi connectivity index (χ0) is 22.9. The number of hydrogen-bond donors (Lipinski definition) is 1. The molecule has 6 nitrogen and oxygen atoms in total. The molecule has 1 atom stereocenters. The van der Waals surface area contributed by atoms with Gasteiger partial charge in [0.05, 0.1) is 25.5 Å². The highest BCUT2D eigenvalue weighted by atomic mass is 16.6. The van der Waals surface area contributed by atoms with Crippen LogP contribution in [0.25, 0.3) is 0 Å². The SMILES string of the molecule is CCc1c(OCc2ccccc2)cc(OCC2COCCO2)nc1CCc1ccc(O)cc1. The van der Waals surface area contributed by atoms with E-state index in [4.69, 9.17) is 23.9 Å². The Labute approximate surface area is 195 Å². The molecule has 1 N–H and O–H groups in total. The molecule has 0 amide bonds. The molecule has 4 rings (SSSR count). The third-order valence-electron chi connectivity index (χ3n) is 5.63. The zero-order valence-electron chi connectivity index (χ0n) is 19.0. The van der Waals surface area contributed by atoms with Crippen LogP contribution in [0, 0.1) is 0 Å². The molecule has 2 heterocycles. The maximum Gasteiger partial charge on any atom is 0.217 e. The number of pyridine rings is 1. The van der Waals surface area contributed by atoms with Crippen molar-refractivity contribution in [3.63, 3.8) is 0 Å². The van der Waals surface area contributed by atoms with Gasteiger partial charge in [0.1, 0.15) is 30.8 Å². The summed E-state index contributed by atoms with van der Waals surface area (Å²) < 4.78 is 23.4. The summed E-state index contributed by atoms with van der Waals surface area (Å²) in [6.07, 6.45) is 2.26. The van der Waals surface area contributed by atoms with Crippen LogP contribution in [-0.4, -0.2) is 42.6 Å². The Hall–Kier alpha value is -3.09. The Bertz CT molecular complexity index is 1000. The van der Waals surface area contributed by atoms with E-state index < -0.39 is 0 Å². The maximum atomic E-state index is 9.55. The van der Waals surface area contributed by atoms with Gasteiger partial charge in [-0.15, -0.1) is 0 Å². The molecule has 1 unspecified atom stereocenters. The largest absolute Gasteiger partial charge is 0.508 e. The second-order valence-electron chi connectivity index (χ2n) is 8.06. The number of aromatic hydroxyl groups is 1. The lowest BCUT2D eigenvalue weighted by Crippen LogP contribution is -2.33. The van der Waals surface area contributed by atoms with Crippen molar-refractivity contribution < 1.29 is 24.1 Å². The third-order valence-corrected chi connectivity index (χ3v) is 5.63. The van der Waals surface area contributed by atoms with E-state index in [9.17, 15) is 5.11 Å². The van der Waals surface area contributed by atoms with Gasteiger partial charge in [-0.05, 0) is 42.5 Å². The molecule has 0 aliphatic carbocycles. The average Bonchev–Trinajstić information content (AvgIpc) is 2.87. The van der Waals surface area contributed by atoms with Gasteiger partial charge < -0.3 is 24.1 Å². The lowest BCUT2D eigenvalue weighted by molar-refractivity contribution is -0.102. The Kier molecular flexibility index (Phi) is 8.17. The Morgan fingerprint density at radius 1 is 0.970 bits per heavy atom. The standard InChI is InChI=1S/C27H31NO5/c1-2-24-25(13-10-20-8-11-22(29)12-9-20)28-27(33-19-23-18-30-14-15-31-23)16-26(24)32-17-21-6-4-3-5-7-21/h3-9,11-12,16,23,29H,2,10,13-15,17-19H2,1H3. The maximum absolute atomic E-state index is 9.55. The second-order valence-corrected chi connectivity index (χ2v) is 8.06. The van der Waals surface area contributed by atoms with Crippen molar-refractivity contribution in [1.82, 2.24) is 4.98 Å². The third kappa shape index (κ3) is 6.70. The fraction of sp³-hybridized carbons (Fsp3) is 0.370. The van der Waals surface area contributed by atoms with E-state index in [0.717, 1.165) is 47.4 Å². The minimum Gasteiger partial charge on any atom is -0.508 e. The lowest BCUT2D eigenvalue weighted by Gasteiger charge is -2.23. The molecule has 1 aromatic heterocycles. The van der Waals surface area contributed by atoms with Crippen molar-refractivity contribution in [2.75, 3.05) is 26.4 Å². The van der Waals surface area contributed by atoms with Gasteiger partial charge in [-0.2, -0.15) is 0 Å². The Morgan fingerprint density at radius 2 is 1.79 bits per heavy atom. The first-order chi connectivity index (χ1) is 16.2. The fourth-order valence-electron chi connectivity index (χ4n) is 3.83. The summed E-state index contributed by atoms with van der Waals surface area (Å²) in [5.74, 6) is 1.60. The van der Waals surface area contributed by atoms with Gasteiger partial charge in [-0.3, -0.25) is 0 Å². The van der Waals surface area contributed by atoms with E-state index >= 15 is 0 Å². The van der Waals surface area contributed by atoms with Crippen molar-refractivity contribution in [2.45, 2.75) is 38.9 Å². The molecule has 3 aromatic rings. The highest BCUT2D eigenvalue weighted by Crippen LogP contribution is 2.29. The first-order valence-corrected chi connectivity index (χ1v) is 11.5. The van der Waals surface area contributed by atoms with Crippen LogP contribution >= 0.6 is 0 Å². The van der Waals surface area contributed by atoms with E-state index in [2.05, 4.69) is 19.1 Å². The van der Waals surface area contributed by atoms with Gasteiger partial charge in [-0.25, -0.2) is 4.98 Å². The number of phenols is 1. The van der Waals surface area contributed by atoms with Gasteiger partial charge in [0.25, 0.3) is 0 Å². The monoisotopic (exact) mass is 449 g/mol. The number of hydrogen-bond acceptors (Lipinski definition) is 6. The highest BCUT2D eigenvalue weighted by Gasteiger charge is 2.18. The summed E-state index contributed by atoms with van der Waals surface area (Å²) in [7, 11) is 0. The molecule has 174 valence electrons. The van der Waals surface area contributed by atoms with Crippen LogP contribution in [-0.2, 0) is 35.3 Å². The first-order valence-electron chi connectivity index (χ1n) is 11.5. The van der Waals surface area contributed by atoms with Crippen LogP contribution in [0.5, 0.6) is 17.4 Å². The van der Waals surface area contributed by atoms with Crippen molar-refractivity contribution in [3.05, 3.63) is 83.0 Å². The summed E-state index contributed by atoms with van der Waals surface area (Å²) in [5, 5.41) is 9.55. The number of rotatable bonds is 10. The summed E-state index contributed by atoms with van der Waals surface area (Å²) in [6.45, 7) is 4.71. The van der Waals surface area contributed by atoms with Crippen LogP contribution in [0.2, 0.25) is 0 Å². The second kappa shape index (κ2) is 11.7. The van der Waals surface area contributed by atoms with E-state index in [1.54, 1.807) is 12.1 Å². The molecule has 33 heavy (non-hydrogen) atoms. The molecule has 1 aliphatic heterocycles. The molecule has 6 heteroatoms. The van der Waals surface area contributed by atoms with E-state index in [1.165, 1.54) is 0 Å². The Morgan fingerprint density at radius 3 is 2.52 bits per heavy atom. The van der Waals surface area contributed by atoms with Gasteiger partial charge >= 0.3 is 0 Å². The molecular weight excluding hydrogens is 418 g/mol. The van der Waals surface area contributed by atoms with Crippen molar-refractivity contribution in [1.29, 1.82) is 0 Å². The van der Waals surface area contributed by atoms with Gasteiger partial charge in [0.2, 0.25) is 5.88 Å². The van der Waals surface area contributed by atoms with Crippen LogP contribution < -0.4 is 9.47 Å². The highest BCUT2D eigenvalue weighted by molar-refractivity contribution is 5.41. The van der Waals surface area contributed by atoms with Gasteiger partial charge in [0, 0.05) is 11.6 Å². The van der Waals surface area contributed by atoms with Gasteiger partial charge in [0.15, 0.2) is 0 Å². The molecular formula is C27H31NO5. The summed E-state index contributed by atoms with van der Waals surface area (Å²) in [5.41, 5.74) is 4.31. The van der Waals surface area contributed by atoms with Crippen LogP contribution in [0.15, 0.2) is 60.7 Å². The average molecular weight is 450 g/mol. The number of benzene rings is 2. The molecule has 0 saturated carbocycles. The molecule has 0 bridgehead atoms. The predicted octanol–water partition coefficient (Wildman–Crippen LogP) is 4.51. The fourth-order valence-corrected chi connectivity index (χ4v) is 3.83. The summed E-state index contributed by atoms with van der Waals surface area (Å²) in [6, 6.07) is 19.3. The van der Waals surface area contributed by atoms with Crippen LogP contribution in [0.1, 0.15) is 29.3 Å². The number of ether oxygens (including phenoxy) is 4. The smallest absolute Gasteiger partial charge is 0.217 e. The molecule has 0 spiro atoms.